The Labute approximate surface area is 162 Å². The molecule has 3 aromatic heterocycles. The van der Waals surface area contributed by atoms with Gasteiger partial charge in [-0.3, -0.25) is 9.59 Å². The molecule has 2 bridgehead atoms. The topological polar surface area (TPSA) is 80.4 Å². The first-order valence-electron chi connectivity index (χ1n) is 9.76. The van der Waals surface area contributed by atoms with Gasteiger partial charge in [0, 0.05) is 36.6 Å². The third-order valence-corrected chi connectivity index (χ3v) is 5.93. The van der Waals surface area contributed by atoms with Crippen LogP contribution in [0.4, 0.5) is 0 Å². The number of aryl methyl sites for hydroxylation is 1. The second-order valence-corrected chi connectivity index (χ2v) is 7.85. The van der Waals surface area contributed by atoms with Crippen LogP contribution < -0.4 is 16.2 Å². The van der Waals surface area contributed by atoms with Gasteiger partial charge in [0.2, 0.25) is 0 Å². The smallest absolute Gasteiger partial charge is 0.263 e. The van der Waals surface area contributed by atoms with Crippen LogP contribution in [-0.4, -0.2) is 32.9 Å². The fraction of sp³-hybridized carbons (Fsp3) is 0.381. The maximum atomic E-state index is 12.9. The van der Waals surface area contributed by atoms with Crippen LogP contribution in [0.2, 0.25) is 0 Å². The zero-order valence-electron chi connectivity index (χ0n) is 15.8. The normalized spacial score (nSPS) is 20.8. The molecule has 7 nitrogen and oxygen atoms in total. The van der Waals surface area contributed by atoms with Gasteiger partial charge >= 0.3 is 0 Å². The molecule has 28 heavy (non-hydrogen) atoms. The molecule has 2 aliphatic heterocycles. The van der Waals surface area contributed by atoms with Crippen molar-refractivity contribution in [3.8, 4) is 0 Å². The Hall–Kier alpha value is -2.93. The molecule has 0 aliphatic carbocycles. The van der Waals surface area contributed by atoms with Crippen LogP contribution >= 0.6 is 0 Å². The Morgan fingerprint density at radius 1 is 1.29 bits per heavy atom. The zero-order valence-corrected chi connectivity index (χ0v) is 15.8. The van der Waals surface area contributed by atoms with Crippen LogP contribution in [0.25, 0.3) is 5.65 Å². The van der Waals surface area contributed by atoms with Gasteiger partial charge in [-0.05, 0) is 50.1 Å². The van der Waals surface area contributed by atoms with Gasteiger partial charge < -0.3 is 19.6 Å². The minimum atomic E-state index is -0.345. The number of carbonyl (C=O) groups is 1. The van der Waals surface area contributed by atoms with Gasteiger partial charge in [-0.2, -0.15) is 0 Å². The molecule has 1 fully saturated rings. The van der Waals surface area contributed by atoms with Crippen LogP contribution in [0, 0.1) is 12.8 Å². The van der Waals surface area contributed by atoms with E-state index in [9.17, 15) is 9.59 Å². The standard InChI is InChI=1S/C21H23N5O2/c1-13-3-2-4-19-24-16(12-25(13)19)10-23-20(27)17-5-6-18-15-7-14(8-22-9-15)11-26(18)21(17)28/h2-6,12,14-15,22H,7-11H2,1H3,(H,23,27)/t14-,15+/m0/s1. The Bertz CT molecular complexity index is 1130. The van der Waals surface area contributed by atoms with Crippen molar-refractivity contribution in [2.24, 2.45) is 5.92 Å². The molecule has 144 valence electrons. The van der Waals surface area contributed by atoms with Crippen LogP contribution in [0.1, 0.15) is 39.8 Å². The first kappa shape index (κ1) is 17.2. The van der Waals surface area contributed by atoms with Crippen molar-refractivity contribution in [2.75, 3.05) is 13.1 Å². The minimum absolute atomic E-state index is 0.183. The Morgan fingerprint density at radius 2 is 2.18 bits per heavy atom. The third kappa shape index (κ3) is 2.82. The Kier molecular flexibility index (Phi) is 4.05. The van der Waals surface area contributed by atoms with Crippen molar-refractivity contribution in [3.63, 3.8) is 0 Å². The lowest BCUT2D eigenvalue weighted by molar-refractivity contribution is 0.0947. The molecule has 1 amide bonds. The maximum absolute atomic E-state index is 12.9. The molecule has 0 unspecified atom stereocenters. The van der Waals surface area contributed by atoms with E-state index >= 15 is 0 Å². The summed E-state index contributed by atoms with van der Waals surface area (Å²) in [5, 5.41) is 6.29. The molecule has 3 aromatic rings. The highest BCUT2D eigenvalue weighted by Crippen LogP contribution is 2.31. The van der Waals surface area contributed by atoms with Crippen molar-refractivity contribution in [3.05, 3.63) is 69.5 Å². The largest absolute Gasteiger partial charge is 0.346 e. The van der Waals surface area contributed by atoms with E-state index in [1.54, 1.807) is 6.07 Å². The number of amides is 1. The van der Waals surface area contributed by atoms with E-state index in [1.165, 1.54) is 0 Å². The fourth-order valence-electron chi connectivity index (χ4n) is 4.51. The summed E-state index contributed by atoms with van der Waals surface area (Å²) in [4.78, 5) is 30.2. The number of hydrogen-bond donors (Lipinski definition) is 2. The van der Waals surface area contributed by atoms with Crippen molar-refractivity contribution in [1.82, 2.24) is 24.6 Å². The number of rotatable bonds is 3. The highest BCUT2D eigenvalue weighted by Gasteiger charge is 2.31. The summed E-state index contributed by atoms with van der Waals surface area (Å²) < 4.78 is 3.80. The first-order valence-corrected chi connectivity index (χ1v) is 9.76. The summed E-state index contributed by atoms with van der Waals surface area (Å²) in [6.45, 7) is 4.82. The summed E-state index contributed by atoms with van der Waals surface area (Å²) in [5.41, 5.74) is 3.75. The molecule has 1 saturated heterocycles. The SMILES string of the molecule is Cc1cccc2nc(CNC(=O)c3ccc4n(c3=O)C[C@@H]3CNC[C@H]4C3)cn12. The molecule has 5 heterocycles. The lowest BCUT2D eigenvalue weighted by Gasteiger charge is -2.37. The van der Waals surface area contributed by atoms with Crippen LogP contribution in [-0.2, 0) is 13.1 Å². The quantitative estimate of drug-likeness (QED) is 0.724. The summed E-state index contributed by atoms with van der Waals surface area (Å²) in [6.07, 6.45) is 3.03. The second-order valence-electron chi connectivity index (χ2n) is 7.85. The highest BCUT2D eigenvalue weighted by atomic mass is 16.2. The molecule has 2 aliphatic rings. The van der Waals surface area contributed by atoms with Gasteiger partial charge in [0.05, 0.1) is 12.2 Å². The maximum Gasteiger partial charge on any atom is 0.263 e. The van der Waals surface area contributed by atoms with Crippen LogP contribution in [0.3, 0.4) is 0 Å². The first-order chi connectivity index (χ1) is 13.6. The van der Waals surface area contributed by atoms with E-state index in [0.29, 0.717) is 18.4 Å². The van der Waals surface area contributed by atoms with Crippen molar-refractivity contribution >= 4 is 11.6 Å². The van der Waals surface area contributed by atoms with E-state index < -0.39 is 0 Å². The van der Waals surface area contributed by atoms with Crippen LogP contribution in [0.5, 0.6) is 0 Å². The second kappa shape index (κ2) is 6.60. The van der Waals surface area contributed by atoms with Crippen molar-refractivity contribution in [1.29, 1.82) is 0 Å². The lowest BCUT2D eigenvalue weighted by atomic mass is 9.84. The predicted octanol–water partition coefficient (Wildman–Crippen LogP) is 1.44. The predicted molar refractivity (Wildman–Crippen MR) is 106 cm³/mol. The minimum Gasteiger partial charge on any atom is -0.346 e. The molecular formula is C21H23N5O2. The number of nitrogens with zero attached hydrogens (tertiary/aromatic N) is 3. The van der Waals surface area contributed by atoms with Gasteiger partial charge in [-0.25, -0.2) is 4.98 Å². The van der Waals surface area contributed by atoms with Gasteiger partial charge in [0.15, 0.2) is 0 Å². The molecule has 0 spiro atoms. The van der Waals surface area contributed by atoms with E-state index in [0.717, 1.165) is 42.2 Å². The van der Waals surface area contributed by atoms with Gasteiger partial charge in [0.25, 0.3) is 11.5 Å². The molecule has 0 radical (unpaired) electrons. The number of nitrogens with one attached hydrogen (secondary N) is 2. The molecule has 7 heteroatoms. The number of aromatic nitrogens is 3. The van der Waals surface area contributed by atoms with Gasteiger partial charge in [0.1, 0.15) is 11.2 Å². The monoisotopic (exact) mass is 377 g/mol. The van der Waals surface area contributed by atoms with Gasteiger partial charge in [-0.15, -0.1) is 0 Å². The van der Waals surface area contributed by atoms with E-state index in [1.807, 2.05) is 46.4 Å². The van der Waals surface area contributed by atoms with Crippen LogP contribution in [0.15, 0.2) is 41.3 Å². The molecule has 0 saturated carbocycles. The molecular weight excluding hydrogens is 354 g/mol. The average Bonchev–Trinajstić information content (AvgIpc) is 3.12. The average molecular weight is 377 g/mol. The lowest BCUT2D eigenvalue weighted by Crippen LogP contribution is -2.46. The van der Waals surface area contributed by atoms with E-state index in [2.05, 4.69) is 15.6 Å². The number of pyridine rings is 2. The number of hydrogen-bond acceptors (Lipinski definition) is 4. The summed E-state index contributed by atoms with van der Waals surface area (Å²) in [6, 6.07) is 9.51. The summed E-state index contributed by atoms with van der Waals surface area (Å²) in [7, 11) is 0. The van der Waals surface area contributed by atoms with Crippen molar-refractivity contribution < 1.29 is 4.79 Å². The number of carbonyl (C=O) groups excluding carboxylic acids is 1. The Morgan fingerprint density at radius 3 is 3.04 bits per heavy atom. The number of piperidine rings is 1. The molecule has 2 atom stereocenters. The highest BCUT2D eigenvalue weighted by molar-refractivity contribution is 5.93. The number of imidazole rings is 1. The Balaban J connectivity index is 1.37. The zero-order chi connectivity index (χ0) is 19.3. The van der Waals surface area contributed by atoms with Crippen molar-refractivity contribution in [2.45, 2.75) is 32.4 Å². The fourth-order valence-corrected chi connectivity index (χ4v) is 4.51. The summed E-state index contributed by atoms with van der Waals surface area (Å²) >= 11 is 0. The molecule has 5 rings (SSSR count). The summed E-state index contributed by atoms with van der Waals surface area (Å²) in [5.74, 6) is 0.477. The van der Waals surface area contributed by atoms with Gasteiger partial charge in [-0.1, -0.05) is 6.07 Å². The third-order valence-electron chi connectivity index (χ3n) is 5.93. The number of fused-ring (bicyclic) bond motifs is 5. The molecule has 0 aromatic carbocycles. The van der Waals surface area contributed by atoms with E-state index in [-0.39, 0.29) is 23.6 Å². The van der Waals surface area contributed by atoms with E-state index in [4.69, 9.17) is 0 Å². The molecule has 2 N–H and O–H groups in total.